The van der Waals surface area contributed by atoms with Crippen molar-refractivity contribution < 1.29 is 4.92 Å². The first-order chi connectivity index (χ1) is 10.1. The van der Waals surface area contributed by atoms with Crippen molar-refractivity contribution in [2.75, 3.05) is 25.0 Å². The third-order valence-electron chi connectivity index (χ3n) is 4.27. The molecule has 1 saturated heterocycles. The molecule has 116 valence electrons. The molecule has 1 aromatic rings. The molecule has 2 atom stereocenters. The van der Waals surface area contributed by atoms with E-state index in [0.717, 1.165) is 13.1 Å². The molecule has 1 N–H and O–H groups in total. The summed E-state index contributed by atoms with van der Waals surface area (Å²) >= 11 is 0. The Morgan fingerprint density at radius 3 is 2.95 bits per heavy atom. The Hall–Kier alpha value is -1.62. The molecule has 5 nitrogen and oxygen atoms in total. The normalized spacial score (nSPS) is 21.0. The van der Waals surface area contributed by atoms with E-state index in [1.807, 2.05) is 6.07 Å². The largest absolute Gasteiger partial charge is 0.377 e. The quantitative estimate of drug-likeness (QED) is 0.643. The number of nitro groups is 1. The van der Waals surface area contributed by atoms with Gasteiger partial charge in [0.05, 0.1) is 4.92 Å². The predicted molar refractivity (Wildman–Crippen MR) is 85.6 cm³/mol. The van der Waals surface area contributed by atoms with Crippen LogP contribution in [0.5, 0.6) is 0 Å². The van der Waals surface area contributed by atoms with Gasteiger partial charge >= 0.3 is 0 Å². The lowest BCUT2D eigenvalue weighted by molar-refractivity contribution is -0.384. The highest BCUT2D eigenvalue weighted by molar-refractivity contribution is 5.61. The van der Waals surface area contributed by atoms with Gasteiger partial charge in [0.15, 0.2) is 0 Å². The molecule has 2 rings (SSSR count). The Morgan fingerprint density at radius 2 is 2.24 bits per heavy atom. The van der Waals surface area contributed by atoms with E-state index in [1.54, 1.807) is 18.2 Å². The third-order valence-corrected chi connectivity index (χ3v) is 4.27. The molecule has 0 spiro atoms. The lowest BCUT2D eigenvalue weighted by atomic mass is 9.91. The minimum Gasteiger partial charge on any atom is -0.377 e. The van der Waals surface area contributed by atoms with E-state index >= 15 is 0 Å². The number of benzene rings is 1. The van der Waals surface area contributed by atoms with Crippen molar-refractivity contribution in [2.45, 2.75) is 39.2 Å². The minimum absolute atomic E-state index is 0.158. The average molecular weight is 291 g/mol. The number of hydrogen-bond donors (Lipinski definition) is 1. The maximum atomic E-state index is 11.1. The van der Waals surface area contributed by atoms with Crippen molar-refractivity contribution in [1.29, 1.82) is 0 Å². The van der Waals surface area contributed by atoms with E-state index in [4.69, 9.17) is 0 Å². The maximum absolute atomic E-state index is 11.1. The number of nitro benzene ring substituents is 1. The Kier molecular flexibility index (Phi) is 5.56. The Labute approximate surface area is 126 Å². The highest BCUT2D eigenvalue weighted by Crippen LogP contribution is 2.27. The van der Waals surface area contributed by atoms with Gasteiger partial charge in [0.25, 0.3) is 5.69 Å². The lowest BCUT2D eigenvalue weighted by Gasteiger charge is -2.36. The van der Waals surface area contributed by atoms with Gasteiger partial charge in [0.2, 0.25) is 0 Å². The molecule has 0 aromatic heterocycles. The van der Waals surface area contributed by atoms with Crippen molar-refractivity contribution in [3.05, 3.63) is 34.4 Å². The lowest BCUT2D eigenvalue weighted by Crippen LogP contribution is -2.42. The summed E-state index contributed by atoms with van der Waals surface area (Å²) in [5, 5.41) is 14.4. The molecule has 1 aliphatic heterocycles. The molecule has 0 amide bonds. The van der Waals surface area contributed by atoms with Crippen molar-refractivity contribution in [1.82, 2.24) is 4.90 Å². The van der Waals surface area contributed by atoms with Crippen molar-refractivity contribution in [2.24, 2.45) is 5.92 Å². The minimum atomic E-state index is -0.320. The van der Waals surface area contributed by atoms with Gasteiger partial charge in [0, 0.05) is 18.7 Å². The second-order valence-electron chi connectivity index (χ2n) is 5.91. The van der Waals surface area contributed by atoms with Crippen LogP contribution in [0.2, 0.25) is 0 Å². The first-order valence-electron chi connectivity index (χ1n) is 7.84. The van der Waals surface area contributed by atoms with Crippen LogP contribution in [-0.4, -0.2) is 35.5 Å². The van der Waals surface area contributed by atoms with Crippen LogP contribution in [0.4, 0.5) is 11.4 Å². The topological polar surface area (TPSA) is 58.4 Å². The molecule has 0 bridgehead atoms. The number of para-hydroxylation sites is 2. The monoisotopic (exact) mass is 291 g/mol. The van der Waals surface area contributed by atoms with E-state index in [1.165, 1.54) is 25.8 Å². The van der Waals surface area contributed by atoms with Crippen LogP contribution in [0, 0.1) is 16.0 Å². The van der Waals surface area contributed by atoms with Crippen LogP contribution >= 0.6 is 0 Å². The molecule has 21 heavy (non-hydrogen) atoms. The first-order valence-corrected chi connectivity index (χ1v) is 7.84. The molecule has 1 fully saturated rings. The fraction of sp³-hybridized carbons (Fsp3) is 0.625. The molecule has 1 aromatic carbocycles. The Balaban J connectivity index is 2.01. The summed E-state index contributed by atoms with van der Waals surface area (Å²) in [5.74, 6) is 0.546. The fourth-order valence-corrected chi connectivity index (χ4v) is 3.14. The van der Waals surface area contributed by atoms with Crippen LogP contribution in [0.25, 0.3) is 0 Å². The number of hydrogen-bond acceptors (Lipinski definition) is 4. The zero-order chi connectivity index (χ0) is 15.2. The summed E-state index contributed by atoms with van der Waals surface area (Å²) in [6.07, 6.45) is 3.58. The van der Waals surface area contributed by atoms with E-state index < -0.39 is 0 Å². The van der Waals surface area contributed by atoms with Crippen molar-refractivity contribution in [3.8, 4) is 0 Å². The first kappa shape index (κ1) is 15.8. The SMILES string of the molecule is CCCN1CCCC(C(C)Nc2ccccc2[N+](=O)[O-])C1. The van der Waals surface area contributed by atoms with Crippen molar-refractivity contribution >= 4 is 11.4 Å². The standard InChI is InChI=1S/C16H25N3O2/c1-3-10-18-11-6-7-14(12-18)13(2)17-15-8-4-5-9-16(15)19(20)21/h4-5,8-9,13-14,17H,3,6-7,10-12H2,1-2H3. The second kappa shape index (κ2) is 7.41. The zero-order valence-electron chi connectivity index (χ0n) is 12.9. The van der Waals surface area contributed by atoms with E-state index in [-0.39, 0.29) is 16.7 Å². The van der Waals surface area contributed by atoms with Gasteiger partial charge < -0.3 is 10.2 Å². The summed E-state index contributed by atoms with van der Waals surface area (Å²) in [6.45, 7) is 7.76. The summed E-state index contributed by atoms with van der Waals surface area (Å²) in [4.78, 5) is 13.3. The summed E-state index contributed by atoms with van der Waals surface area (Å²) in [5.41, 5.74) is 0.785. The van der Waals surface area contributed by atoms with Gasteiger partial charge in [-0.15, -0.1) is 0 Å². The van der Waals surface area contributed by atoms with Crippen LogP contribution in [0.1, 0.15) is 33.1 Å². The molecule has 1 aliphatic rings. The zero-order valence-corrected chi connectivity index (χ0v) is 12.9. The second-order valence-corrected chi connectivity index (χ2v) is 5.91. The van der Waals surface area contributed by atoms with Crippen molar-refractivity contribution in [3.63, 3.8) is 0 Å². The number of piperidine rings is 1. The van der Waals surface area contributed by atoms with Crippen LogP contribution in [-0.2, 0) is 0 Å². The molecule has 0 radical (unpaired) electrons. The molecule has 0 aliphatic carbocycles. The van der Waals surface area contributed by atoms with Gasteiger partial charge in [-0.3, -0.25) is 10.1 Å². The number of anilines is 1. The molecular formula is C16H25N3O2. The molecule has 2 unspecified atom stereocenters. The molecular weight excluding hydrogens is 266 g/mol. The van der Waals surface area contributed by atoms with Crippen LogP contribution < -0.4 is 5.32 Å². The van der Waals surface area contributed by atoms with E-state index in [9.17, 15) is 10.1 Å². The molecule has 5 heteroatoms. The fourth-order valence-electron chi connectivity index (χ4n) is 3.14. The summed E-state index contributed by atoms with van der Waals surface area (Å²) < 4.78 is 0. The van der Waals surface area contributed by atoms with Gasteiger partial charge in [0.1, 0.15) is 5.69 Å². The molecule has 1 heterocycles. The van der Waals surface area contributed by atoms with Gasteiger partial charge in [-0.1, -0.05) is 19.1 Å². The van der Waals surface area contributed by atoms with Crippen LogP contribution in [0.3, 0.4) is 0 Å². The Bertz CT molecular complexity index is 476. The van der Waals surface area contributed by atoms with E-state index in [2.05, 4.69) is 24.1 Å². The highest BCUT2D eigenvalue weighted by Gasteiger charge is 2.25. The smallest absolute Gasteiger partial charge is 0.292 e. The van der Waals surface area contributed by atoms with Crippen LogP contribution in [0.15, 0.2) is 24.3 Å². The number of rotatable bonds is 6. The molecule has 0 saturated carbocycles. The number of nitrogens with one attached hydrogen (secondary N) is 1. The van der Waals surface area contributed by atoms with E-state index in [0.29, 0.717) is 11.6 Å². The maximum Gasteiger partial charge on any atom is 0.292 e. The number of nitrogens with zero attached hydrogens (tertiary/aromatic N) is 2. The summed E-state index contributed by atoms with van der Waals surface area (Å²) in [6, 6.07) is 7.13. The van der Waals surface area contributed by atoms with Gasteiger partial charge in [-0.25, -0.2) is 0 Å². The average Bonchev–Trinajstić information content (AvgIpc) is 2.48. The van der Waals surface area contributed by atoms with Gasteiger partial charge in [-0.05, 0) is 51.3 Å². The van der Waals surface area contributed by atoms with Gasteiger partial charge in [-0.2, -0.15) is 0 Å². The summed E-state index contributed by atoms with van der Waals surface area (Å²) in [7, 11) is 0. The highest BCUT2D eigenvalue weighted by atomic mass is 16.6. The Morgan fingerprint density at radius 1 is 1.48 bits per heavy atom. The predicted octanol–water partition coefficient (Wildman–Crippen LogP) is 3.52. The third kappa shape index (κ3) is 4.17. The number of likely N-dealkylation sites (tertiary alicyclic amines) is 1.